The number of aromatic nitrogens is 2. The number of aliphatic hydroxyl groups is 1. The molecule has 0 spiro atoms. The highest BCUT2D eigenvalue weighted by Crippen LogP contribution is 2.17. The summed E-state index contributed by atoms with van der Waals surface area (Å²) in [6.07, 6.45) is 1.26. The minimum absolute atomic E-state index is 0.0465. The molecular weight excluding hydrogens is 232 g/mol. The zero-order chi connectivity index (χ0) is 13.7. The molecule has 1 rings (SSSR count). The molecule has 0 aliphatic rings. The van der Waals surface area contributed by atoms with Gasteiger partial charge in [0.2, 0.25) is 0 Å². The third-order valence-corrected chi connectivity index (χ3v) is 2.88. The number of hydrogen-bond donors (Lipinski definition) is 3. The van der Waals surface area contributed by atoms with Crippen LogP contribution in [0, 0.1) is 0 Å². The zero-order valence-electron chi connectivity index (χ0n) is 11.2. The lowest BCUT2D eigenvalue weighted by Crippen LogP contribution is -2.38. The fraction of sp³-hybridized carbons (Fsp3) is 0.667. The van der Waals surface area contributed by atoms with Crippen LogP contribution in [-0.2, 0) is 6.42 Å². The van der Waals surface area contributed by atoms with Crippen molar-refractivity contribution in [1.29, 1.82) is 0 Å². The van der Waals surface area contributed by atoms with E-state index in [4.69, 9.17) is 10.8 Å². The molecule has 0 saturated carbocycles. The van der Waals surface area contributed by atoms with Gasteiger partial charge in [0.15, 0.2) is 5.69 Å². The number of anilines is 1. The maximum absolute atomic E-state index is 12.3. The second-order valence-corrected chi connectivity index (χ2v) is 4.49. The highest BCUT2D eigenvalue weighted by molar-refractivity contribution is 5.97. The summed E-state index contributed by atoms with van der Waals surface area (Å²) >= 11 is 0. The number of nitrogens with two attached hydrogens (primary N) is 1. The van der Waals surface area contributed by atoms with Crippen molar-refractivity contribution >= 4 is 11.6 Å². The van der Waals surface area contributed by atoms with E-state index in [1.54, 1.807) is 4.90 Å². The lowest BCUT2D eigenvalue weighted by molar-refractivity contribution is 0.0688. The minimum atomic E-state index is -0.188. The number of hydrogen-bond acceptors (Lipinski definition) is 4. The predicted molar refractivity (Wildman–Crippen MR) is 70.3 cm³/mol. The summed E-state index contributed by atoms with van der Waals surface area (Å²) in [5.74, 6) is -0.188. The van der Waals surface area contributed by atoms with Crippen LogP contribution in [0.2, 0.25) is 0 Å². The standard InChI is InChI=1S/C12H22N4O2/c1-4-9-10(13)11(15-14-9)12(18)16(8(2)3)6-5-7-17/h8,17H,4-7,13H2,1-3H3,(H,14,15). The van der Waals surface area contributed by atoms with Gasteiger partial charge in [0.1, 0.15) is 0 Å². The Balaban J connectivity index is 2.91. The second kappa shape index (κ2) is 6.39. The van der Waals surface area contributed by atoms with Crippen molar-refractivity contribution in [2.24, 2.45) is 0 Å². The summed E-state index contributed by atoms with van der Waals surface area (Å²) in [6, 6.07) is 0.0465. The van der Waals surface area contributed by atoms with Crippen LogP contribution >= 0.6 is 0 Å². The third kappa shape index (κ3) is 3.01. The van der Waals surface area contributed by atoms with Crippen LogP contribution in [0.4, 0.5) is 5.69 Å². The molecule has 1 amide bonds. The largest absolute Gasteiger partial charge is 0.396 e. The molecule has 0 fully saturated rings. The topological polar surface area (TPSA) is 95.2 Å². The third-order valence-electron chi connectivity index (χ3n) is 2.88. The van der Waals surface area contributed by atoms with Gasteiger partial charge in [-0.25, -0.2) is 0 Å². The number of rotatable bonds is 6. The Labute approximate surface area is 107 Å². The molecule has 4 N–H and O–H groups in total. The van der Waals surface area contributed by atoms with Gasteiger partial charge in [0, 0.05) is 19.2 Å². The van der Waals surface area contributed by atoms with Crippen molar-refractivity contribution in [2.75, 3.05) is 18.9 Å². The Morgan fingerprint density at radius 2 is 2.22 bits per heavy atom. The van der Waals surface area contributed by atoms with Crippen LogP contribution < -0.4 is 5.73 Å². The van der Waals surface area contributed by atoms with E-state index < -0.39 is 0 Å². The molecule has 0 aromatic carbocycles. The molecular formula is C12H22N4O2. The van der Waals surface area contributed by atoms with Gasteiger partial charge in [-0.2, -0.15) is 5.10 Å². The van der Waals surface area contributed by atoms with Crippen molar-refractivity contribution in [3.05, 3.63) is 11.4 Å². The van der Waals surface area contributed by atoms with Crippen LogP contribution in [-0.4, -0.2) is 45.3 Å². The van der Waals surface area contributed by atoms with Crippen molar-refractivity contribution in [3.63, 3.8) is 0 Å². The second-order valence-electron chi connectivity index (χ2n) is 4.49. The monoisotopic (exact) mass is 254 g/mol. The fourth-order valence-corrected chi connectivity index (χ4v) is 1.79. The zero-order valence-corrected chi connectivity index (χ0v) is 11.2. The number of aliphatic hydroxyl groups excluding tert-OH is 1. The van der Waals surface area contributed by atoms with E-state index in [1.807, 2.05) is 20.8 Å². The molecule has 6 heteroatoms. The van der Waals surface area contributed by atoms with Crippen LogP contribution in [0.25, 0.3) is 0 Å². The maximum atomic E-state index is 12.3. The molecule has 0 saturated heterocycles. The Kier molecular flexibility index (Phi) is 5.15. The normalized spacial score (nSPS) is 10.9. The summed E-state index contributed by atoms with van der Waals surface area (Å²) in [4.78, 5) is 14.0. The lowest BCUT2D eigenvalue weighted by Gasteiger charge is -2.25. The van der Waals surface area contributed by atoms with Gasteiger partial charge >= 0.3 is 0 Å². The predicted octanol–water partition coefficient (Wildman–Crippen LogP) is 0.787. The highest BCUT2D eigenvalue weighted by Gasteiger charge is 2.23. The summed E-state index contributed by atoms with van der Waals surface area (Å²) in [6.45, 7) is 6.37. The van der Waals surface area contributed by atoms with Crippen molar-refractivity contribution < 1.29 is 9.90 Å². The van der Waals surface area contributed by atoms with E-state index in [9.17, 15) is 4.79 Å². The number of H-pyrrole nitrogens is 1. The molecule has 0 aliphatic heterocycles. The van der Waals surface area contributed by atoms with Crippen LogP contribution in [0.15, 0.2) is 0 Å². The summed E-state index contributed by atoms with van der Waals surface area (Å²) in [7, 11) is 0. The molecule has 0 unspecified atom stereocenters. The molecule has 0 bridgehead atoms. The maximum Gasteiger partial charge on any atom is 0.276 e. The van der Waals surface area contributed by atoms with Gasteiger partial charge in [-0.05, 0) is 26.7 Å². The number of nitrogen functional groups attached to an aromatic ring is 1. The smallest absolute Gasteiger partial charge is 0.276 e. The SMILES string of the molecule is CCc1[nH]nc(C(=O)N(CCCO)C(C)C)c1N. The molecule has 6 nitrogen and oxygen atoms in total. The first kappa shape index (κ1) is 14.5. The molecule has 1 aromatic heterocycles. The van der Waals surface area contributed by atoms with Gasteiger partial charge in [-0.3, -0.25) is 9.89 Å². The van der Waals surface area contributed by atoms with E-state index in [-0.39, 0.29) is 24.2 Å². The van der Waals surface area contributed by atoms with Gasteiger partial charge in [-0.15, -0.1) is 0 Å². The Hall–Kier alpha value is -1.56. The Morgan fingerprint density at radius 1 is 1.56 bits per heavy atom. The minimum Gasteiger partial charge on any atom is -0.396 e. The van der Waals surface area contributed by atoms with Crippen molar-refractivity contribution in [3.8, 4) is 0 Å². The van der Waals surface area contributed by atoms with E-state index in [0.29, 0.717) is 25.1 Å². The number of nitrogens with zero attached hydrogens (tertiary/aromatic N) is 2. The van der Waals surface area contributed by atoms with Crippen LogP contribution in [0.5, 0.6) is 0 Å². The number of carbonyl (C=O) groups excluding carboxylic acids is 1. The molecule has 1 heterocycles. The van der Waals surface area contributed by atoms with Gasteiger partial charge < -0.3 is 15.7 Å². The lowest BCUT2D eigenvalue weighted by atomic mass is 10.2. The molecule has 18 heavy (non-hydrogen) atoms. The first-order valence-electron chi connectivity index (χ1n) is 6.27. The number of amides is 1. The first-order valence-corrected chi connectivity index (χ1v) is 6.27. The molecule has 102 valence electrons. The number of aromatic amines is 1. The average molecular weight is 254 g/mol. The van der Waals surface area contributed by atoms with E-state index in [2.05, 4.69) is 10.2 Å². The van der Waals surface area contributed by atoms with Crippen LogP contribution in [0.1, 0.15) is 43.4 Å². The van der Waals surface area contributed by atoms with Crippen molar-refractivity contribution in [1.82, 2.24) is 15.1 Å². The van der Waals surface area contributed by atoms with E-state index in [0.717, 1.165) is 5.69 Å². The highest BCUT2D eigenvalue weighted by atomic mass is 16.3. The van der Waals surface area contributed by atoms with Crippen LogP contribution in [0.3, 0.4) is 0 Å². The Morgan fingerprint density at radius 3 is 2.67 bits per heavy atom. The summed E-state index contributed by atoms with van der Waals surface area (Å²) in [5.41, 5.74) is 7.38. The number of carbonyl (C=O) groups is 1. The number of aryl methyl sites for hydroxylation is 1. The Bertz CT molecular complexity index is 401. The van der Waals surface area contributed by atoms with E-state index in [1.165, 1.54) is 0 Å². The van der Waals surface area contributed by atoms with Crippen molar-refractivity contribution in [2.45, 2.75) is 39.7 Å². The number of nitrogens with one attached hydrogen (secondary N) is 1. The molecule has 0 radical (unpaired) electrons. The van der Waals surface area contributed by atoms with Gasteiger partial charge in [-0.1, -0.05) is 6.92 Å². The first-order chi connectivity index (χ1) is 8.52. The summed E-state index contributed by atoms with van der Waals surface area (Å²) < 4.78 is 0. The van der Waals surface area contributed by atoms with Gasteiger partial charge in [0.05, 0.1) is 11.4 Å². The molecule has 1 aromatic rings. The fourth-order valence-electron chi connectivity index (χ4n) is 1.79. The molecule has 0 aliphatic carbocycles. The average Bonchev–Trinajstić information content (AvgIpc) is 2.70. The van der Waals surface area contributed by atoms with E-state index >= 15 is 0 Å². The quantitative estimate of drug-likeness (QED) is 0.699. The molecule has 0 atom stereocenters. The summed E-state index contributed by atoms with van der Waals surface area (Å²) in [5, 5.41) is 15.6. The van der Waals surface area contributed by atoms with Gasteiger partial charge in [0.25, 0.3) is 5.91 Å².